The van der Waals surface area contributed by atoms with E-state index in [0.29, 0.717) is 5.92 Å². The van der Waals surface area contributed by atoms with Crippen molar-refractivity contribution in [2.45, 2.75) is 45.1 Å². The number of thiophene rings is 1. The van der Waals surface area contributed by atoms with Gasteiger partial charge >= 0.3 is 0 Å². The maximum absolute atomic E-state index is 4.77. The zero-order valence-electron chi connectivity index (χ0n) is 29.9. The van der Waals surface area contributed by atoms with E-state index < -0.39 is 0 Å². The molecule has 5 aromatic carbocycles. The van der Waals surface area contributed by atoms with Crippen LogP contribution in [0.25, 0.3) is 86.5 Å². The van der Waals surface area contributed by atoms with E-state index in [2.05, 4.69) is 155 Å². The van der Waals surface area contributed by atoms with E-state index >= 15 is 0 Å². The third kappa shape index (κ3) is 3.94. The van der Waals surface area contributed by atoms with Crippen LogP contribution >= 0.6 is 11.3 Å². The number of hydrogen-bond donors (Lipinski definition) is 0. The first-order valence-corrected chi connectivity index (χ1v) is 19.7. The van der Waals surface area contributed by atoms with Gasteiger partial charge in [0.05, 0.1) is 28.5 Å². The van der Waals surface area contributed by atoms with Gasteiger partial charge in [-0.25, -0.2) is 0 Å². The number of pyridine rings is 2. The molecule has 53 heavy (non-hydrogen) atoms. The Hall–Kier alpha value is -5.84. The second-order valence-electron chi connectivity index (χ2n) is 15.5. The maximum atomic E-state index is 4.77. The van der Waals surface area contributed by atoms with Gasteiger partial charge < -0.3 is 4.40 Å². The molecule has 0 radical (unpaired) electrons. The molecule has 0 aliphatic carbocycles. The Morgan fingerprint density at radius 3 is 2.28 bits per heavy atom. The van der Waals surface area contributed by atoms with Gasteiger partial charge in [0.2, 0.25) is 11.4 Å². The van der Waals surface area contributed by atoms with Crippen LogP contribution in [-0.2, 0) is 6.42 Å². The Morgan fingerprint density at radius 1 is 0.660 bits per heavy atom. The van der Waals surface area contributed by atoms with E-state index in [1.54, 1.807) is 0 Å². The van der Waals surface area contributed by atoms with E-state index in [1.807, 2.05) is 11.3 Å². The number of aromatic nitrogens is 3. The summed E-state index contributed by atoms with van der Waals surface area (Å²) >= 11 is 1.91. The summed E-state index contributed by atoms with van der Waals surface area (Å²) in [6.07, 6.45) is 7.45. The largest absolute Gasteiger partial charge is 0.308 e. The Labute approximate surface area is 311 Å². The van der Waals surface area contributed by atoms with Crippen molar-refractivity contribution < 1.29 is 9.13 Å². The fraction of sp³-hybridized carbons (Fsp3) is 0.143. The molecule has 3 nitrogen and oxygen atoms in total. The van der Waals surface area contributed by atoms with Crippen molar-refractivity contribution in [1.29, 1.82) is 0 Å². The highest BCUT2D eigenvalue weighted by molar-refractivity contribution is 7.25. The number of rotatable bonds is 0. The van der Waals surface area contributed by atoms with Crippen molar-refractivity contribution in [2.75, 3.05) is 0 Å². The Balaban J connectivity index is 1.16. The van der Waals surface area contributed by atoms with Crippen molar-refractivity contribution >= 4 is 75.3 Å². The van der Waals surface area contributed by atoms with Crippen LogP contribution in [0.2, 0.25) is 0 Å². The quantitative estimate of drug-likeness (QED) is 0.140. The first-order chi connectivity index (χ1) is 26.0. The summed E-state index contributed by atoms with van der Waals surface area (Å²) in [4.78, 5) is 0. The van der Waals surface area contributed by atoms with Gasteiger partial charge in [-0.3, -0.25) is 0 Å². The van der Waals surface area contributed by atoms with Gasteiger partial charge in [0.15, 0.2) is 24.1 Å². The standard InChI is InChI=1S/C49H37N3S/c1-28-22-29(2)48-39-25-37-34-14-6-7-17-45(34)53-46(37)27-44(39)52-43-26-35-33-19-18-31-12-4-5-13-32(31)40-15-8-10-20-50(40)30(3)23-42(33)51-21-11-9-16-41(51)36(35)24-38(43)47(28)49(48)52/h4-17,20-22,24-27,33,42H,3,18-19,23H2,1-2H3/q+2. The van der Waals surface area contributed by atoms with Crippen LogP contribution in [0.15, 0.2) is 134 Å². The predicted octanol–water partition coefficient (Wildman–Crippen LogP) is 11.9. The molecule has 2 atom stereocenters. The number of benzene rings is 5. The van der Waals surface area contributed by atoms with Gasteiger partial charge in [-0.05, 0) is 104 Å². The second-order valence-corrected chi connectivity index (χ2v) is 16.5. The van der Waals surface area contributed by atoms with Crippen molar-refractivity contribution in [3.8, 4) is 22.5 Å². The fourth-order valence-electron chi connectivity index (χ4n) is 10.4. The molecule has 5 aromatic heterocycles. The minimum atomic E-state index is 0.238. The summed E-state index contributed by atoms with van der Waals surface area (Å²) in [5.41, 5.74) is 15.9. The Kier molecular flexibility index (Phi) is 5.95. The minimum Gasteiger partial charge on any atom is -0.308 e. The summed E-state index contributed by atoms with van der Waals surface area (Å²) in [6.45, 7) is 9.38. The fourth-order valence-corrected chi connectivity index (χ4v) is 11.6. The minimum absolute atomic E-state index is 0.238. The van der Waals surface area contributed by atoms with E-state index in [9.17, 15) is 0 Å². The lowest BCUT2D eigenvalue weighted by atomic mass is 9.77. The molecule has 0 bridgehead atoms. The average Bonchev–Trinajstić information content (AvgIpc) is 3.83. The summed E-state index contributed by atoms with van der Waals surface area (Å²) in [5, 5.41) is 8.21. The van der Waals surface area contributed by atoms with Crippen LogP contribution in [0, 0.1) is 13.8 Å². The maximum Gasteiger partial charge on any atom is 0.218 e. The van der Waals surface area contributed by atoms with Crippen LogP contribution < -0.4 is 9.13 Å². The number of aryl methyl sites for hydroxylation is 3. The first-order valence-electron chi connectivity index (χ1n) is 18.9. The number of hydrogen-bond acceptors (Lipinski definition) is 1. The molecule has 4 heteroatoms. The smallest absolute Gasteiger partial charge is 0.218 e. The van der Waals surface area contributed by atoms with Gasteiger partial charge in [-0.1, -0.05) is 42.5 Å². The van der Waals surface area contributed by atoms with Crippen LogP contribution in [0.3, 0.4) is 0 Å². The lowest BCUT2D eigenvalue weighted by Crippen LogP contribution is -2.49. The molecular formula is C49H37N3S+2. The molecule has 7 heterocycles. The zero-order valence-corrected chi connectivity index (χ0v) is 30.7. The molecule has 0 spiro atoms. The lowest BCUT2D eigenvalue weighted by Gasteiger charge is -2.31. The highest BCUT2D eigenvalue weighted by Crippen LogP contribution is 2.50. The summed E-state index contributed by atoms with van der Waals surface area (Å²) in [5.74, 6) is 0.309. The summed E-state index contributed by atoms with van der Waals surface area (Å²) < 4.78 is 10.2. The molecule has 2 unspecified atom stereocenters. The van der Waals surface area contributed by atoms with E-state index in [1.165, 1.54) is 103 Å². The molecule has 10 aromatic rings. The van der Waals surface area contributed by atoms with Crippen LogP contribution in [0.1, 0.15) is 47.1 Å². The number of nitrogens with zero attached hydrogens (tertiary/aromatic N) is 3. The monoisotopic (exact) mass is 699 g/mol. The van der Waals surface area contributed by atoms with E-state index in [0.717, 1.165) is 25.0 Å². The van der Waals surface area contributed by atoms with Crippen molar-refractivity contribution in [2.24, 2.45) is 0 Å². The molecule has 0 saturated carbocycles. The average molecular weight is 700 g/mol. The molecule has 0 N–H and O–H groups in total. The Bertz CT molecular complexity index is 3210. The van der Waals surface area contributed by atoms with Gasteiger partial charge in [0.25, 0.3) is 0 Å². The molecule has 0 saturated heterocycles. The van der Waals surface area contributed by atoms with Crippen molar-refractivity contribution in [3.63, 3.8) is 0 Å². The van der Waals surface area contributed by atoms with Gasteiger partial charge in [0, 0.05) is 77.5 Å². The van der Waals surface area contributed by atoms with Crippen molar-refractivity contribution in [3.05, 3.63) is 156 Å². The van der Waals surface area contributed by atoms with Gasteiger partial charge in [0.1, 0.15) is 0 Å². The second kappa shape index (κ2) is 10.6. The molecule has 252 valence electrons. The third-order valence-electron chi connectivity index (χ3n) is 12.7. The number of fused-ring (bicyclic) bond motifs is 18. The van der Waals surface area contributed by atoms with E-state index in [-0.39, 0.29) is 6.04 Å². The molecule has 2 aliphatic rings. The summed E-state index contributed by atoms with van der Waals surface area (Å²) in [6, 6.07) is 43.9. The topological polar surface area (TPSA) is 12.2 Å². The van der Waals surface area contributed by atoms with Crippen molar-refractivity contribution in [1.82, 2.24) is 4.40 Å². The van der Waals surface area contributed by atoms with Crippen LogP contribution in [-0.4, -0.2) is 4.40 Å². The molecule has 2 aliphatic heterocycles. The van der Waals surface area contributed by atoms with E-state index in [4.69, 9.17) is 6.58 Å². The lowest BCUT2D eigenvalue weighted by molar-refractivity contribution is -0.720. The number of allylic oxidation sites excluding steroid dienone is 1. The highest BCUT2D eigenvalue weighted by Gasteiger charge is 2.43. The third-order valence-corrected chi connectivity index (χ3v) is 13.8. The Morgan fingerprint density at radius 2 is 1.40 bits per heavy atom. The SMILES string of the molecule is C=C1CC2C(CCc3ccccc3-c3cccc[n+]31)c1cc3c(cc1-c1cccc[n+]12)c1c(C)cc(C)c2c4cc5c(cc4n3c12)sc1ccccc15. The predicted molar refractivity (Wildman–Crippen MR) is 221 cm³/mol. The molecular weight excluding hydrogens is 663 g/mol. The summed E-state index contributed by atoms with van der Waals surface area (Å²) in [7, 11) is 0. The zero-order chi connectivity index (χ0) is 35.1. The normalized spacial score (nSPS) is 17.1. The van der Waals surface area contributed by atoms with Gasteiger partial charge in [-0.2, -0.15) is 9.13 Å². The van der Waals surface area contributed by atoms with Crippen LogP contribution in [0.4, 0.5) is 0 Å². The highest BCUT2D eigenvalue weighted by atomic mass is 32.1. The molecule has 0 amide bonds. The van der Waals surface area contributed by atoms with Crippen LogP contribution in [0.5, 0.6) is 0 Å². The first kappa shape index (κ1) is 29.7. The molecule has 0 fully saturated rings. The van der Waals surface area contributed by atoms with Gasteiger partial charge in [-0.15, -0.1) is 11.3 Å². The molecule has 12 rings (SSSR count).